The van der Waals surface area contributed by atoms with Crippen LogP contribution in [0, 0.1) is 0 Å². The zero-order valence-electron chi connectivity index (χ0n) is 9.59. The lowest BCUT2D eigenvalue weighted by Crippen LogP contribution is -2.17. The molecule has 0 saturated carbocycles. The summed E-state index contributed by atoms with van der Waals surface area (Å²) >= 11 is 11.7. The highest BCUT2D eigenvalue weighted by Gasteiger charge is 2.26. The molecule has 1 aromatic carbocycles. The van der Waals surface area contributed by atoms with Gasteiger partial charge in [-0.1, -0.05) is 29.3 Å². The van der Waals surface area contributed by atoms with Crippen LogP contribution in [0.5, 0.6) is 0 Å². The van der Waals surface area contributed by atoms with Crippen LogP contribution < -0.4 is 4.72 Å². The first kappa shape index (κ1) is 14.6. The van der Waals surface area contributed by atoms with Gasteiger partial charge in [0, 0.05) is 0 Å². The normalized spacial score (nSPS) is 11.3. The Kier molecular flexibility index (Phi) is 3.89. The summed E-state index contributed by atoms with van der Waals surface area (Å²) in [7, 11) is -4.21. The molecule has 0 spiro atoms. The van der Waals surface area contributed by atoms with Gasteiger partial charge in [-0.3, -0.25) is 9.82 Å². The Morgan fingerprint density at radius 2 is 1.90 bits per heavy atom. The number of anilines is 1. The molecule has 106 valence electrons. The van der Waals surface area contributed by atoms with Crippen LogP contribution in [0.25, 0.3) is 0 Å². The fourth-order valence-electron chi connectivity index (χ4n) is 1.41. The number of nitrogens with zero attached hydrogens (tertiary/aromatic N) is 1. The van der Waals surface area contributed by atoms with Crippen LogP contribution in [0.15, 0.2) is 29.4 Å². The molecule has 0 bridgehead atoms. The summed E-state index contributed by atoms with van der Waals surface area (Å²) in [4.78, 5) is 10.9. The minimum absolute atomic E-state index is 0.0400. The van der Waals surface area contributed by atoms with E-state index in [1.54, 1.807) is 6.07 Å². The molecule has 0 fully saturated rings. The van der Waals surface area contributed by atoms with Crippen LogP contribution in [0.2, 0.25) is 10.0 Å². The van der Waals surface area contributed by atoms with Gasteiger partial charge in [0.15, 0.2) is 5.03 Å². The third-order valence-corrected chi connectivity index (χ3v) is 4.25. The maximum atomic E-state index is 12.1. The van der Waals surface area contributed by atoms with Gasteiger partial charge in [0.2, 0.25) is 0 Å². The van der Waals surface area contributed by atoms with Crippen molar-refractivity contribution >= 4 is 44.9 Å². The number of carboxylic acids is 1. The molecule has 0 saturated heterocycles. The van der Waals surface area contributed by atoms with Gasteiger partial charge in [0.25, 0.3) is 10.0 Å². The van der Waals surface area contributed by atoms with Gasteiger partial charge >= 0.3 is 5.97 Å². The van der Waals surface area contributed by atoms with E-state index in [2.05, 4.69) is 14.9 Å². The molecule has 0 aliphatic rings. The highest BCUT2D eigenvalue weighted by Crippen LogP contribution is 2.31. The standard InChI is InChI=1S/C10H7Cl2N3O4S/c11-6-2-1-3-7(12)8(6)15-20(18,19)9-5(10(16)17)4-13-14-9/h1-4,15H,(H,13,14)(H,16,17). The van der Waals surface area contributed by atoms with Crippen molar-refractivity contribution in [3.63, 3.8) is 0 Å². The summed E-state index contributed by atoms with van der Waals surface area (Å²) in [5.41, 5.74) is -0.526. The summed E-state index contributed by atoms with van der Waals surface area (Å²) in [5, 5.41) is 14.0. The van der Waals surface area contributed by atoms with E-state index in [9.17, 15) is 13.2 Å². The summed E-state index contributed by atoms with van der Waals surface area (Å²) in [6.45, 7) is 0. The van der Waals surface area contributed by atoms with Gasteiger partial charge in [0.1, 0.15) is 5.56 Å². The average Bonchev–Trinajstić information content (AvgIpc) is 2.84. The molecule has 0 aliphatic heterocycles. The molecule has 10 heteroatoms. The number of H-pyrrole nitrogens is 1. The SMILES string of the molecule is O=C(O)c1cn[nH]c1S(=O)(=O)Nc1c(Cl)cccc1Cl. The lowest BCUT2D eigenvalue weighted by Gasteiger charge is -2.10. The number of halogens is 2. The topological polar surface area (TPSA) is 112 Å². The van der Waals surface area contributed by atoms with Crippen molar-refractivity contribution in [1.82, 2.24) is 10.2 Å². The van der Waals surface area contributed by atoms with E-state index in [0.29, 0.717) is 0 Å². The van der Waals surface area contributed by atoms with Crippen molar-refractivity contribution in [2.45, 2.75) is 5.03 Å². The van der Waals surface area contributed by atoms with E-state index >= 15 is 0 Å². The van der Waals surface area contributed by atoms with Crippen LogP contribution in [-0.2, 0) is 10.0 Å². The second kappa shape index (κ2) is 5.31. The molecule has 3 N–H and O–H groups in total. The van der Waals surface area contributed by atoms with Crippen molar-refractivity contribution in [3.8, 4) is 0 Å². The number of hydrogen-bond donors (Lipinski definition) is 3. The minimum Gasteiger partial charge on any atom is -0.478 e. The molecule has 2 aromatic rings. The molecule has 0 atom stereocenters. The van der Waals surface area contributed by atoms with Gasteiger partial charge in [-0.2, -0.15) is 13.5 Å². The number of para-hydroxylation sites is 1. The number of aromatic amines is 1. The van der Waals surface area contributed by atoms with Crippen LogP contribution in [0.4, 0.5) is 5.69 Å². The average molecular weight is 336 g/mol. The molecule has 0 unspecified atom stereocenters. The first-order valence-electron chi connectivity index (χ1n) is 5.06. The molecule has 20 heavy (non-hydrogen) atoms. The van der Waals surface area contributed by atoms with Gasteiger partial charge in [-0.05, 0) is 12.1 Å². The number of hydrogen-bond acceptors (Lipinski definition) is 4. The smallest absolute Gasteiger partial charge is 0.340 e. The minimum atomic E-state index is -4.21. The molecule has 0 aliphatic carbocycles. The third-order valence-electron chi connectivity index (χ3n) is 2.30. The Morgan fingerprint density at radius 3 is 2.45 bits per heavy atom. The van der Waals surface area contributed by atoms with E-state index < -0.39 is 26.6 Å². The summed E-state index contributed by atoms with van der Waals surface area (Å²) in [6, 6.07) is 4.42. The summed E-state index contributed by atoms with van der Waals surface area (Å²) < 4.78 is 26.4. The predicted octanol–water partition coefficient (Wildman–Crippen LogP) is 2.22. The van der Waals surface area contributed by atoms with Gasteiger partial charge in [-0.25, -0.2) is 4.79 Å². The molecule has 0 radical (unpaired) electrons. The highest BCUT2D eigenvalue weighted by molar-refractivity contribution is 7.92. The van der Waals surface area contributed by atoms with E-state index in [0.717, 1.165) is 6.20 Å². The van der Waals surface area contributed by atoms with Gasteiger partial charge < -0.3 is 5.11 Å². The highest BCUT2D eigenvalue weighted by atomic mass is 35.5. The Morgan fingerprint density at radius 1 is 1.30 bits per heavy atom. The van der Waals surface area contributed by atoms with Crippen molar-refractivity contribution in [3.05, 3.63) is 40.0 Å². The Hall–Kier alpha value is -1.77. The number of nitrogens with one attached hydrogen (secondary N) is 2. The molecule has 0 amide bonds. The van der Waals surface area contributed by atoms with Gasteiger partial charge in [0.05, 0.1) is 21.9 Å². The fourth-order valence-corrected chi connectivity index (χ4v) is 3.21. The van der Waals surface area contributed by atoms with E-state index in [-0.39, 0.29) is 15.7 Å². The molecular formula is C10H7Cl2N3O4S. The predicted molar refractivity (Wildman–Crippen MR) is 72.8 cm³/mol. The van der Waals surface area contributed by atoms with Crippen LogP contribution in [-0.4, -0.2) is 29.7 Å². The number of rotatable bonds is 4. The number of carboxylic acid groups (broad SMARTS) is 1. The number of benzene rings is 1. The first-order valence-corrected chi connectivity index (χ1v) is 7.30. The molecule has 1 heterocycles. The first-order chi connectivity index (χ1) is 9.33. The van der Waals surface area contributed by atoms with E-state index in [4.69, 9.17) is 28.3 Å². The zero-order chi connectivity index (χ0) is 14.9. The van der Waals surface area contributed by atoms with E-state index in [1.807, 2.05) is 0 Å². The lowest BCUT2D eigenvalue weighted by molar-refractivity contribution is 0.0692. The fraction of sp³-hybridized carbons (Fsp3) is 0. The van der Waals surface area contributed by atoms with Crippen molar-refractivity contribution in [2.24, 2.45) is 0 Å². The van der Waals surface area contributed by atoms with Crippen molar-refractivity contribution < 1.29 is 18.3 Å². The number of aromatic carboxylic acids is 1. The molecule has 1 aromatic heterocycles. The molecule has 2 rings (SSSR count). The second-order valence-corrected chi connectivity index (χ2v) is 6.05. The Balaban J connectivity index is 2.47. The van der Waals surface area contributed by atoms with Crippen LogP contribution >= 0.6 is 23.2 Å². The van der Waals surface area contributed by atoms with Crippen LogP contribution in [0.3, 0.4) is 0 Å². The number of sulfonamides is 1. The van der Waals surface area contributed by atoms with Crippen LogP contribution in [0.1, 0.15) is 10.4 Å². The zero-order valence-corrected chi connectivity index (χ0v) is 11.9. The lowest BCUT2D eigenvalue weighted by atomic mass is 10.3. The number of aromatic nitrogens is 2. The second-order valence-electron chi connectivity index (χ2n) is 3.62. The quantitative estimate of drug-likeness (QED) is 0.792. The maximum absolute atomic E-state index is 12.1. The van der Waals surface area contributed by atoms with Crippen molar-refractivity contribution in [2.75, 3.05) is 4.72 Å². The van der Waals surface area contributed by atoms with E-state index in [1.165, 1.54) is 12.1 Å². The third kappa shape index (κ3) is 2.72. The molecular weight excluding hydrogens is 329 g/mol. The summed E-state index contributed by atoms with van der Waals surface area (Å²) in [5.74, 6) is -1.43. The monoisotopic (exact) mass is 335 g/mol. The largest absolute Gasteiger partial charge is 0.478 e. The van der Waals surface area contributed by atoms with Gasteiger partial charge in [-0.15, -0.1) is 0 Å². The Labute approximate surface area is 123 Å². The summed E-state index contributed by atoms with van der Waals surface area (Å²) in [6.07, 6.45) is 0.894. The molecule has 7 nitrogen and oxygen atoms in total. The van der Waals surface area contributed by atoms with Crippen molar-refractivity contribution in [1.29, 1.82) is 0 Å². The number of carbonyl (C=O) groups is 1. The Bertz CT molecular complexity index is 752. The maximum Gasteiger partial charge on any atom is 0.340 e.